The van der Waals surface area contributed by atoms with Crippen molar-refractivity contribution in [3.63, 3.8) is 0 Å². The quantitative estimate of drug-likeness (QED) is 0.841. The monoisotopic (exact) mass is 219 g/mol. The second-order valence-corrected chi connectivity index (χ2v) is 3.79. The van der Waals surface area contributed by atoms with Crippen LogP contribution in [0.3, 0.4) is 0 Å². The summed E-state index contributed by atoms with van der Waals surface area (Å²) in [5.74, 6) is -0.308. The molecule has 0 spiro atoms. The molecule has 1 aromatic carbocycles. The molecule has 1 N–H and O–H groups in total. The summed E-state index contributed by atoms with van der Waals surface area (Å²) >= 11 is 0. The molecule has 2 atom stereocenters. The molecule has 1 aliphatic heterocycles. The average Bonchev–Trinajstić information content (AvgIpc) is 2.61. The van der Waals surface area contributed by atoms with Crippen molar-refractivity contribution in [3.05, 3.63) is 35.9 Å². The summed E-state index contributed by atoms with van der Waals surface area (Å²) in [5.41, 5.74) is 0.891. The van der Waals surface area contributed by atoms with Crippen LogP contribution in [0, 0.1) is 0 Å². The van der Waals surface area contributed by atoms with Crippen LogP contribution in [0.1, 0.15) is 18.9 Å². The molecule has 0 radical (unpaired) electrons. The Morgan fingerprint density at radius 3 is 2.75 bits per heavy atom. The summed E-state index contributed by atoms with van der Waals surface area (Å²) in [7, 11) is 0. The van der Waals surface area contributed by atoms with Crippen LogP contribution in [-0.4, -0.2) is 29.1 Å². The van der Waals surface area contributed by atoms with E-state index >= 15 is 0 Å². The van der Waals surface area contributed by atoms with Crippen molar-refractivity contribution in [1.82, 2.24) is 0 Å². The van der Waals surface area contributed by atoms with Crippen LogP contribution in [0.25, 0.3) is 0 Å². The van der Waals surface area contributed by atoms with Crippen LogP contribution in [-0.2, 0) is 9.53 Å². The molecule has 84 valence electrons. The van der Waals surface area contributed by atoms with Gasteiger partial charge in [0.25, 0.3) is 0 Å². The first-order chi connectivity index (χ1) is 7.66. The number of hydrogen-bond acceptors (Lipinski definition) is 3. The minimum Gasteiger partial charge on any atom is -0.481 e. The lowest BCUT2D eigenvalue weighted by Crippen LogP contribution is -2.21. The van der Waals surface area contributed by atoms with Gasteiger partial charge in [-0.3, -0.25) is 4.79 Å². The lowest BCUT2D eigenvalue weighted by atomic mass is 10.1. The van der Waals surface area contributed by atoms with Crippen molar-refractivity contribution >= 4 is 11.9 Å². The highest BCUT2D eigenvalue weighted by Gasteiger charge is 2.29. The number of hydrogen-bond donors (Lipinski definition) is 1. The first-order valence-corrected chi connectivity index (χ1v) is 5.18. The molecule has 2 rings (SSSR count). The fraction of sp³-hybridized carbons (Fsp3) is 0.333. The Labute approximate surface area is 93.6 Å². The second kappa shape index (κ2) is 4.35. The van der Waals surface area contributed by atoms with Crippen LogP contribution in [0.4, 0.5) is 0 Å². The number of nitrogens with zero attached hydrogens (tertiary/aromatic N) is 1. The Hall–Kier alpha value is -1.84. The summed E-state index contributed by atoms with van der Waals surface area (Å²) < 4.78 is 5.55. The number of aliphatic imine (C=N–C) groups is 1. The predicted molar refractivity (Wildman–Crippen MR) is 59.6 cm³/mol. The lowest BCUT2D eigenvalue weighted by molar-refractivity contribution is -0.137. The maximum atomic E-state index is 10.6. The predicted octanol–water partition coefficient (Wildman–Crippen LogP) is 1.70. The SMILES string of the molecule is CC1OC(c2ccccc2)=NC1CC(=O)O. The molecule has 1 aromatic rings. The third kappa shape index (κ3) is 2.21. The Morgan fingerprint density at radius 2 is 2.12 bits per heavy atom. The van der Waals surface area contributed by atoms with Crippen molar-refractivity contribution < 1.29 is 14.6 Å². The number of aliphatic carboxylic acids is 1. The van der Waals surface area contributed by atoms with E-state index in [1.807, 2.05) is 37.3 Å². The number of carboxylic acid groups (broad SMARTS) is 1. The summed E-state index contributed by atoms with van der Waals surface area (Å²) in [6, 6.07) is 9.22. The highest BCUT2D eigenvalue weighted by Crippen LogP contribution is 2.20. The molecule has 1 heterocycles. The standard InChI is InChI=1S/C12H13NO3/c1-8-10(7-11(14)15)13-12(16-8)9-5-3-2-4-6-9/h2-6,8,10H,7H2,1H3,(H,14,15). The molecule has 0 bridgehead atoms. The molecule has 0 aromatic heterocycles. The zero-order valence-electron chi connectivity index (χ0n) is 8.96. The Bertz CT molecular complexity index is 414. The lowest BCUT2D eigenvalue weighted by Gasteiger charge is -2.09. The molecule has 1 aliphatic rings. The second-order valence-electron chi connectivity index (χ2n) is 3.79. The number of carboxylic acids is 1. The van der Waals surface area contributed by atoms with Crippen LogP contribution in [0.15, 0.2) is 35.3 Å². The van der Waals surface area contributed by atoms with E-state index in [2.05, 4.69) is 4.99 Å². The number of carbonyl (C=O) groups is 1. The van der Waals surface area contributed by atoms with Crippen molar-refractivity contribution in [1.29, 1.82) is 0 Å². The van der Waals surface area contributed by atoms with Crippen LogP contribution in [0.5, 0.6) is 0 Å². The van der Waals surface area contributed by atoms with Gasteiger partial charge in [0, 0.05) is 5.56 Å². The number of ether oxygens (including phenoxy) is 1. The third-order valence-electron chi connectivity index (χ3n) is 2.53. The zero-order chi connectivity index (χ0) is 11.5. The van der Waals surface area contributed by atoms with Crippen molar-refractivity contribution in [2.75, 3.05) is 0 Å². The highest BCUT2D eigenvalue weighted by atomic mass is 16.5. The van der Waals surface area contributed by atoms with Crippen LogP contribution >= 0.6 is 0 Å². The van der Waals surface area contributed by atoms with Gasteiger partial charge in [0.2, 0.25) is 5.90 Å². The average molecular weight is 219 g/mol. The molecule has 0 fully saturated rings. The van der Waals surface area contributed by atoms with Gasteiger partial charge in [-0.05, 0) is 19.1 Å². The first kappa shape index (κ1) is 10.7. The van der Waals surface area contributed by atoms with Gasteiger partial charge in [0.15, 0.2) is 0 Å². The molecular weight excluding hydrogens is 206 g/mol. The summed E-state index contributed by atoms with van der Waals surface area (Å²) in [5, 5.41) is 8.72. The van der Waals surface area contributed by atoms with E-state index in [0.29, 0.717) is 5.90 Å². The van der Waals surface area contributed by atoms with E-state index in [-0.39, 0.29) is 18.6 Å². The topological polar surface area (TPSA) is 58.9 Å². The fourth-order valence-electron chi connectivity index (χ4n) is 1.65. The maximum absolute atomic E-state index is 10.6. The van der Waals surface area contributed by atoms with Gasteiger partial charge in [0.05, 0.1) is 6.42 Å². The molecule has 0 amide bonds. The van der Waals surface area contributed by atoms with Gasteiger partial charge >= 0.3 is 5.97 Å². The summed E-state index contributed by atoms with van der Waals surface area (Å²) in [4.78, 5) is 14.9. The van der Waals surface area contributed by atoms with Gasteiger partial charge in [-0.2, -0.15) is 0 Å². The smallest absolute Gasteiger partial charge is 0.305 e. The molecule has 2 unspecified atom stereocenters. The molecule has 0 saturated carbocycles. The maximum Gasteiger partial charge on any atom is 0.305 e. The van der Waals surface area contributed by atoms with Crippen molar-refractivity contribution in [3.8, 4) is 0 Å². The number of rotatable bonds is 3. The third-order valence-corrected chi connectivity index (χ3v) is 2.53. The molecule has 16 heavy (non-hydrogen) atoms. The van der Waals surface area contributed by atoms with E-state index in [1.165, 1.54) is 0 Å². The molecule has 0 aliphatic carbocycles. The molecular formula is C12H13NO3. The summed E-state index contributed by atoms with van der Waals surface area (Å²) in [6.45, 7) is 1.84. The van der Waals surface area contributed by atoms with Crippen LogP contribution in [0.2, 0.25) is 0 Å². The Balaban J connectivity index is 2.16. The first-order valence-electron chi connectivity index (χ1n) is 5.18. The van der Waals surface area contributed by atoms with Crippen molar-refractivity contribution in [2.24, 2.45) is 4.99 Å². The molecule has 4 heteroatoms. The number of benzene rings is 1. The molecule has 4 nitrogen and oxygen atoms in total. The van der Waals surface area contributed by atoms with E-state index < -0.39 is 5.97 Å². The van der Waals surface area contributed by atoms with E-state index in [9.17, 15) is 4.79 Å². The Morgan fingerprint density at radius 1 is 1.44 bits per heavy atom. The summed E-state index contributed by atoms with van der Waals surface area (Å²) in [6.07, 6.45) is -0.163. The molecule has 0 saturated heterocycles. The van der Waals surface area contributed by atoms with Gasteiger partial charge in [0.1, 0.15) is 12.1 Å². The van der Waals surface area contributed by atoms with Crippen molar-refractivity contribution in [2.45, 2.75) is 25.5 Å². The van der Waals surface area contributed by atoms with E-state index in [0.717, 1.165) is 5.56 Å². The van der Waals surface area contributed by atoms with Gasteiger partial charge in [-0.15, -0.1) is 0 Å². The van der Waals surface area contributed by atoms with E-state index in [1.54, 1.807) is 0 Å². The van der Waals surface area contributed by atoms with Gasteiger partial charge in [-0.1, -0.05) is 18.2 Å². The highest BCUT2D eigenvalue weighted by molar-refractivity contribution is 5.95. The van der Waals surface area contributed by atoms with Crippen LogP contribution < -0.4 is 0 Å². The minimum atomic E-state index is -0.849. The van der Waals surface area contributed by atoms with E-state index in [4.69, 9.17) is 9.84 Å². The zero-order valence-corrected chi connectivity index (χ0v) is 8.96. The fourth-order valence-corrected chi connectivity index (χ4v) is 1.65. The minimum absolute atomic E-state index is 0.0114. The normalized spacial score (nSPS) is 23.7. The van der Waals surface area contributed by atoms with Gasteiger partial charge in [-0.25, -0.2) is 4.99 Å². The van der Waals surface area contributed by atoms with Gasteiger partial charge < -0.3 is 9.84 Å². The Kier molecular flexibility index (Phi) is 2.90. The largest absolute Gasteiger partial charge is 0.481 e.